The third kappa shape index (κ3) is 5.74. The topological polar surface area (TPSA) is 80.8 Å². The predicted molar refractivity (Wildman–Crippen MR) is 135 cm³/mol. The summed E-state index contributed by atoms with van der Waals surface area (Å²) < 4.78 is 22.6. The Hall–Kier alpha value is -3.30. The lowest BCUT2D eigenvalue weighted by atomic mass is 9.87. The molecule has 9 heteroatoms. The van der Waals surface area contributed by atoms with Crippen LogP contribution in [0.15, 0.2) is 36.4 Å². The zero-order valence-electron chi connectivity index (χ0n) is 21.5. The molecule has 0 aromatic heterocycles. The minimum absolute atomic E-state index is 0.0102. The van der Waals surface area contributed by atoms with Crippen molar-refractivity contribution in [2.24, 2.45) is 0 Å². The van der Waals surface area contributed by atoms with E-state index in [1.807, 2.05) is 55.4 Å². The van der Waals surface area contributed by atoms with Gasteiger partial charge in [0.1, 0.15) is 12.4 Å². The van der Waals surface area contributed by atoms with E-state index in [0.29, 0.717) is 50.8 Å². The van der Waals surface area contributed by atoms with Gasteiger partial charge in [-0.05, 0) is 61.5 Å². The van der Waals surface area contributed by atoms with E-state index in [1.165, 1.54) is 0 Å². The van der Waals surface area contributed by atoms with Crippen LogP contribution >= 0.6 is 0 Å². The minimum atomic E-state index is -0.331. The first kappa shape index (κ1) is 25.8. The van der Waals surface area contributed by atoms with Gasteiger partial charge in [0.2, 0.25) is 11.8 Å². The second-order valence-corrected chi connectivity index (χ2v) is 9.23. The summed E-state index contributed by atoms with van der Waals surface area (Å²) in [6.45, 7) is 2.20. The normalized spacial score (nSPS) is 18.6. The highest BCUT2D eigenvalue weighted by atomic mass is 16.5. The molecule has 2 aromatic carbocycles. The number of fused-ring (bicyclic) bond motifs is 11. The average molecular weight is 498 g/mol. The van der Waals surface area contributed by atoms with Gasteiger partial charge in [0, 0.05) is 13.1 Å². The van der Waals surface area contributed by atoms with Crippen molar-refractivity contribution in [3.63, 3.8) is 0 Å². The highest BCUT2D eigenvalue weighted by Gasteiger charge is 2.34. The zero-order chi connectivity index (χ0) is 25.7. The van der Waals surface area contributed by atoms with Crippen molar-refractivity contribution in [2.75, 3.05) is 74.3 Å². The number of hydrogen-bond donors (Lipinski definition) is 0. The SMILES string of the molecule is COc1cc2c(cc1OC)C1c3ccc(cc3)OCCOCCN(C(=O)CN(C)C)CC(=O)N1CC2. The van der Waals surface area contributed by atoms with E-state index < -0.39 is 0 Å². The molecule has 0 saturated carbocycles. The number of carbonyl (C=O) groups is 2. The molecule has 5 rings (SSSR count). The van der Waals surface area contributed by atoms with Crippen molar-refractivity contribution in [2.45, 2.75) is 12.5 Å². The lowest BCUT2D eigenvalue weighted by Gasteiger charge is -2.39. The first-order valence-electron chi connectivity index (χ1n) is 12.2. The van der Waals surface area contributed by atoms with Gasteiger partial charge in [-0.25, -0.2) is 0 Å². The Morgan fingerprint density at radius 1 is 1.03 bits per heavy atom. The Bertz CT molecular complexity index is 1070. The van der Waals surface area contributed by atoms with Crippen molar-refractivity contribution in [3.05, 3.63) is 53.1 Å². The number of benzene rings is 2. The maximum Gasteiger partial charge on any atom is 0.242 e. The third-order valence-electron chi connectivity index (χ3n) is 6.52. The molecule has 36 heavy (non-hydrogen) atoms. The maximum atomic E-state index is 13.8. The van der Waals surface area contributed by atoms with Crippen LogP contribution in [0, 0.1) is 0 Å². The van der Waals surface area contributed by atoms with Gasteiger partial charge in [-0.15, -0.1) is 0 Å². The molecule has 1 atom stereocenters. The fourth-order valence-electron chi connectivity index (χ4n) is 4.73. The first-order chi connectivity index (χ1) is 17.4. The molecule has 0 radical (unpaired) electrons. The van der Waals surface area contributed by atoms with Gasteiger partial charge >= 0.3 is 0 Å². The van der Waals surface area contributed by atoms with Crippen molar-refractivity contribution in [3.8, 4) is 17.2 Å². The lowest BCUT2D eigenvalue weighted by Crippen LogP contribution is -2.49. The summed E-state index contributed by atoms with van der Waals surface area (Å²) >= 11 is 0. The number of methoxy groups -OCH3 is 2. The number of likely N-dealkylation sites (N-methyl/N-ethyl adjacent to an activating group) is 1. The largest absolute Gasteiger partial charge is 0.493 e. The van der Waals surface area contributed by atoms with Gasteiger partial charge in [0.15, 0.2) is 11.5 Å². The molecule has 1 unspecified atom stereocenters. The van der Waals surface area contributed by atoms with Crippen LogP contribution in [0.5, 0.6) is 17.2 Å². The lowest BCUT2D eigenvalue weighted by molar-refractivity contribution is -0.142. The zero-order valence-corrected chi connectivity index (χ0v) is 21.5. The molecule has 0 saturated heterocycles. The summed E-state index contributed by atoms with van der Waals surface area (Å²) in [5.74, 6) is 1.80. The van der Waals surface area contributed by atoms with Gasteiger partial charge in [-0.3, -0.25) is 9.59 Å². The van der Waals surface area contributed by atoms with Gasteiger partial charge in [-0.2, -0.15) is 0 Å². The molecule has 9 nitrogen and oxygen atoms in total. The Balaban J connectivity index is 1.74. The monoisotopic (exact) mass is 497 g/mol. The van der Waals surface area contributed by atoms with E-state index in [9.17, 15) is 9.59 Å². The van der Waals surface area contributed by atoms with Crippen LogP contribution in [0.1, 0.15) is 22.7 Å². The van der Waals surface area contributed by atoms with E-state index in [0.717, 1.165) is 22.4 Å². The molecule has 0 fully saturated rings. The summed E-state index contributed by atoms with van der Waals surface area (Å²) in [4.78, 5) is 32.0. The van der Waals surface area contributed by atoms with E-state index in [1.54, 1.807) is 24.0 Å². The number of amides is 2. The summed E-state index contributed by atoms with van der Waals surface area (Å²) in [6.07, 6.45) is 0.674. The first-order valence-corrected chi connectivity index (χ1v) is 12.2. The van der Waals surface area contributed by atoms with E-state index >= 15 is 0 Å². The highest BCUT2D eigenvalue weighted by Crippen LogP contribution is 2.41. The van der Waals surface area contributed by atoms with Crippen LogP contribution < -0.4 is 14.2 Å². The van der Waals surface area contributed by atoms with Crippen molar-refractivity contribution >= 4 is 11.8 Å². The molecule has 2 aromatic rings. The Morgan fingerprint density at radius 3 is 2.44 bits per heavy atom. The summed E-state index contributed by atoms with van der Waals surface area (Å²) in [5, 5.41) is 0. The molecule has 0 spiro atoms. The Morgan fingerprint density at radius 2 is 1.75 bits per heavy atom. The van der Waals surface area contributed by atoms with E-state index in [4.69, 9.17) is 18.9 Å². The molecular formula is C27H35N3O6. The van der Waals surface area contributed by atoms with Gasteiger partial charge < -0.3 is 33.6 Å². The van der Waals surface area contributed by atoms with Crippen LogP contribution in [-0.2, 0) is 20.7 Å². The molecule has 3 aliphatic rings. The maximum absolute atomic E-state index is 13.8. The number of ether oxygens (including phenoxy) is 4. The predicted octanol–water partition coefficient (Wildman–Crippen LogP) is 1.98. The third-order valence-corrected chi connectivity index (χ3v) is 6.52. The summed E-state index contributed by atoms with van der Waals surface area (Å²) in [5.41, 5.74) is 3.05. The van der Waals surface area contributed by atoms with E-state index in [2.05, 4.69) is 0 Å². The summed E-state index contributed by atoms with van der Waals surface area (Å²) in [7, 11) is 6.90. The van der Waals surface area contributed by atoms with Crippen molar-refractivity contribution in [1.29, 1.82) is 0 Å². The molecule has 2 amide bonds. The number of hydrogen-bond acceptors (Lipinski definition) is 7. The van der Waals surface area contributed by atoms with E-state index in [-0.39, 0.29) is 30.9 Å². The standard InChI is InChI=1S/C27H35N3O6/c1-28(2)17-25(31)29-11-12-35-13-14-36-21-7-5-19(6-8-21)27-22-16-24(34-4)23(33-3)15-20(22)9-10-30(27)26(32)18-29/h5-8,15-16,27H,9-14,17-18H2,1-4H3. The number of carbonyl (C=O) groups excluding carboxylic acids is 2. The molecule has 0 N–H and O–H groups in total. The number of nitrogens with zero attached hydrogens (tertiary/aromatic N) is 3. The van der Waals surface area contributed by atoms with Crippen molar-refractivity contribution in [1.82, 2.24) is 14.7 Å². The Labute approximate surface area is 212 Å². The smallest absolute Gasteiger partial charge is 0.242 e. The Kier molecular flexibility index (Phi) is 8.32. The van der Waals surface area contributed by atoms with Crippen LogP contribution in [0.4, 0.5) is 0 Å². The highest BCUT2D eigenvalue weighted by molar-refractivity contribution is 5.86. The van der Waals surface area contributed by atoms with Crippen LogP contribution in [0.25, 0.3) is 0 Å². The molecule has 2 bridgehead atoms. The molecule has 194 valence electrons. The minimum Gasteiger partial charge on any atom is -0.493 e. The average Bonchev–Trinajstić information content (AvgIpc) is 2.88. The quantitative estimate of drug-likeness (QED) is 0.598. The molecule has 0 aliphatic carbocycles. The van der Waals surface area contributed by atoms with Crippen molar-refractivity contribution < 1.29 is 28.5 Å². The van der Waals surface area contributed by atoms with Crippen LogP contribution in [-0.4, -0.2) is 101 Å². The molecule has 3 heterocycles. The second kappa shape index (κ2) is 11.6. The molecular weight excluding hydrogens is 462 g/mol. The summed E-state index contributed by atoms with van der Waals surface area (Å²) in [6, 6.07) is 11.4. The van der Waals surface area contributed by atoms with Crippen LogP contribution in [0.3, 0.4) is 0 Å². The fraction of sp³-hybridized carbons (Fsp3) is 0.481. The van der Waals surface area contributed by atoms with Gasteiger partial charge in [0.05, 0.1) is 46.6 Å². The van der Waals surface area contributed by atoms with Gasteiger partial charge in [0.25, 0.3) is 0 Å². The number of rotatable bonds is 4. The second-order valence-electron chi connectivity index (χ2n) is 9.23. The fourth-order valence-corrected chi connectivity index (χ4v) is 4.73. The van der Waals surface area contributed by atoms with Crippen LogP contribution in [0.2, 0.25) is 0 Å². The van der Waals surface area contributed by atoms with Gasteiger partial charge in [-0.1, -0.05) is 12.1 Å². The molecule has 3 aliphatic heterocycles.